The average molecular weight is 261 g/mol. The Labute approximate surface area is 110 Å². The molecule has 0 saturated heterocycles. The predicted molar refractivity (Wildman–Crippen MR) is 74.1 cm³/mol. The molecule has 0 aliphatic heterocycles. The summed E-state index contributed by atoms with van der Waals surface area (Å²) < 4.78 is 1.65. The highest BCUT2D eigenvalue weighted by Crippen LogP contribution is 2.19. The second-order valence-electron chi connectivity index (χ2n) is 4.01. The molecule has 0 fully saturated rings. The molecular formula is C13H15N3OS. The van der Waals surface area contributed by atoms with Crippen LogP contribution in [0.2, 0.25) is 0 Å². The number of benzene rings is 1. The minimum Gasteiger partial charge on any atom is -0.305 e. The lowest BCUT2D eigenvalue weighted by Crippen LogP contribution is -2.14. The molecule has 1 heterocycles. The molecule has 4 nitrogen and oxygen atoms in total. The maximum absolute atomic E-state index is 12.1. The zero-order valence-electron chi connectivity index (χ0n) is 10.6. The summed E-state index contributed by atoms with van der Waals surface area (Å²) in [5, 5.41) is 6.92. The molecular weight excluding hydrogens is 246 g/mol. The number of nitrogens with one attached hydrogen (secondary N) is 1. The number of hydrogen-bond acceptors (Lipinski definition) is 3. The van der Waals surface area contributed by atoms with Crippen LogP contribution in [0.4, 0.5) is 5.82 Å². The number of aromatic nitrogens is 2. The van der Waals surface area contributed by atoms with Crippen molar-refractivity contribution in [1.82, 2.24) is 9.78 Å². The fraction of sp³-hybridized carbons (Fsp3) is 0.231. The molecule has 2 rings (SSSR count). The fourth-order valence-electron chi connectivity index (χ4n) is 1.64. The van der Waals surface area contributed by atoms with Crippen molar-refractivity contribution in [2.75, 3.05) is 11.6 Å². The van der Waals surface area contributed by atoms with Crippen LogP contribution in [0.15, 0.2) is 35.4 Å². The lowest BCUT2D eigenvalue weighted by Gasteiger charge is -2.07. The number of nitrogens with zero attached hydrogens (tertiary/aromatic N) is 2. The molecule has 0 aliphatic rings. The first-order valence-corrected chi connectivity index (χ1v) is 6.78. The van der Waals surface area contributed by atoms with Gasteiger partial charge in [-0.1, -0.05) is 6.07 Å². The molecule has 0 radical (unpaired) electrons. The van der Waals surface area contributed by atoms with Gasteiger partial charge in [-0.3, -0.25) is 9.48 Å². The van der Waals surface area contributed by atoms with Gasteiger partial charge in [0.15, 0.2) is 5.82 Å². The van der Waals surface area contributed by atoms with E-state index >= 15 is 0 Å². The van der Waals surface area contributed by atoms with Gasteiger partial charge in [-0.05, 0) is 30.9 Å². The molecule has 0 saturated carbocycles. The van der Waals surface area contributed by atoms with Gasteiger partial charge in [0.25, 0.3) is 5.91 Å². The van der Waals surface area contributed by atoms with Crippen LogP contribution in [-0.4, -0.2) is 21.9 Å². The largest absolute Gasteiger partial charge is 0.305 e. The van der Waals surface area contributed by atoms with E-state index in [2.05, 4.69) is 10.4 Å². The quantitative estimate of drug-likeness (QED) is 0.864. The smallest absolute Gasteiger partial charge is 0.257 e. The zero-order chi connectivity index (χ0) is 13.1. The van der Waals surface area contributed by atoms with E-state index in [1.54, 1.807) is 28.7 Å². The Morgan fingerprint density at radius 3 is 2.78 bits per heavy atom. The summed E-state index contributed by atoms with van der Waals surface area (Å²) in [6, 6.07) is 7.64. The van der Waals surface area contributed by atoms with Crippen molar-refractivity contribution in [1.29, 1.82) is 0 Å². The summed E-state index contributed by atoms with van der Waals surface area (Å²) in [6.45, 7) is 1.93. The van der Waals surface area contributed by atoms with E-state index in [1.807, 2.05) is 38.4 Å². The van der Waals surface area contributed by atoms with Crippen molar-refractivity contribution >= 4 is 23.5 Å². The number of rotatable bonds is 3. The van der Waals surface area contributed by atoms with Gasteiger partial charge in [0.2, 0.25) is 0 Å². The highest BCUT2D eigenvalue weighted by atomic mass is 32.2. The Morgan fingerprint density at radius 1 is 1.39 bits per heavy atom. The topological polar surface area (TPSA) is 46.9 Å². The van der Waals surface area contributed by atoms with Crippen LogP contribution >= 0.6 is 11.8 Å². The third kappa shape index (κ3) is 2.73. The summed E-state index contributed by atoms with van der Waals surface area (Å²) in [7, 11) is 1.81. The van der Waals surface area contributed by atoms with Gasteiger partial charge in [-0.15, -0.1) is 11.8 Å². The van der Waals surface area contributed by atoms with E-state index in [0.29, 0.717) is 11.4 Å². The van der Waals surface area contributed by atoms with Crippen molar-refractivity contribution in [3.63, 3.8) is 0 Å². The zero-order valence-corrected chi connectivity index (χ0v) is 11.4. The monoisotopic (exact) mass is 261 g/mol. The number of anilines is 1. The van der Waals surface area contributed by atoms with E-state index in [9.17, 15) is 4.79 Å². The van der Waals surface area contributed by atoms with Crippen molar-refractivity contribution in [2.24, 2.45) is 7.05 Å². The average Bonchev–Trinajstić information content (AvgIpc) is 2.75. The number of carbonyl (C=O) groups excluding carboxylic acids is 1. The maximum Gasteiger partial charge on any atom is 0.257 e. The Hall–Kier alpha value is -1.75. The first-order valence-electron chi connectivity index (χ1n) is 5.56. The van der Waals surface area contributed by atoms with E-state index in [0.717, 1.165) is 10.5 Å². The molecule has 0 aliphatic carbocycles. The van der Waals surface area contributed by atoms with Crippen molar-refractivity contribution in [3.8, 4) is 0 Å². The van der Waals surface area contributed by atoms with Gasteiger partial charge < -0.3 is 5.32 Å². The molecule has 18 heavy (non-hydrogen) atoms. The van der Waals surface area contributed by atoms with Crippen molar-refractivity contribution in [2.45, 2.75) is 11.8 Å². The summed E-state index contributed by atoms with van der Waals surface area (Å²) in [4.78, 5) is 13.2. The molecule has 5 heteroatoms. The Morgan fingerprint density at radius 2 is 2.17 bits per heavy atom. The van der Waals surface area contributed by atoms with Gasteiger partial charge >= 0.3 is 0 Å². The lowest BCUT2D eigenvalue weighted by atomic mass is 10.1. The van der Waals surface area contributed by atoms with Crippen molar-refractivity contribution < 1.29 is 4.79 Å². The minimum absolute atomic E-state index is 0.123. The summed E-state index contributed by atoms with van der Waals surface area (Å²) in [6.07, 6.45) is 3.78. The van der Waals surface area contributed by atoms with Crippen LogP contribution in [0.25, 0.3) is 0 Å². The first kappa shape index (κ1) is 12.7. The van der Waals surface area contributed by atoms with Crippen LogP contribution in [0.5, 0.6) is 0 Å². The number of amides is 1. The number of carbonyl (C=O) groups is 1. The lowest BCUT2D eigenvalue weighted by molar-refractivity contribution is 0.102. The van der Waals surface area contributed by atoms with Crippen LogP contribution < -0.4 is 5.32 Å². The number of aryl methyl sites for hydroxylation is 2. The highest BCUT2D eigenvalue weighted by Gasteiger charge is 2.11. The molecule has 1 aromatic carbocycles. The molecule has 1 amide bonds. The van der Waals surface area contributed by atoms with Crippen LogP contribution in [-0.2, 0) is 7.05 Å². The molecule has 2 aromatic rings. The normalized spacial score (nSPS) is 10.4. The van der Waals surface area contributed by atoms with E-state index < -0.39 is 0 Å². The molecule has 1 aromatic heterocycles. The SMILES string of the molecule is CSc1ccc(C)c(C(=O)Nc2ccn(C)n2)c1. The van der Waals surface area contributed by atoms with Gasteiger partial charge in [0, 0.05) is 29.8 Å². The van der Waals surface area contributed by atoms with Crippen LogP contribution in [0, 0.1) is 6.92 Å². The number of hydrogen-bond donors (Lipinski definition) is 1. The Bertz CT molecular complexity index is 577. The summed E-state index contributed by atoms with van der Waals surface area (Å²) in [5.74, 6) is 0.443. The molecule has 1 N–H and O–H groups in total. The van der Waals surface area contributed by atoms with Gasteiger partial charge in [0.1, 0.15) is 0 Å². The van der Waals surface area contributed by atoms with Gasteiger partial charge in [0.05, 0.1) is 0 Å². The standard InChI is InChI=1S/C13H15N3OS/c1-9-4-5-10(18-3)8-11(9)13(17)14-12-6-7-16(2)15-12/h4-8H,1-3H3,(H,14,15,17). The molecule has 0 unspecified atom stereocenters. The van der Waals surface area contributed by atoms with Crippen LogP contribution in [0.1, 0.15) is 15.9 Å². The predicted octanol–water partition coefficient (Wildman–Crippen LogP) is 2.70. The molecule has 94 valence electrons. The van der Waals surface area contributed by atoms with E-state index in [4.69, 9.17) is 0 Å². The Balaban J connectivity index is 2.23. The van der Waals surface area contributed by atoms with Gasteiger partial charge in [-0.2, -0.15) is 5.10 Å². The first-order chi connectivity index (χ1) is 8.60. The second kappa shape index (κ2) is 5.27. The number of thioether (sulfide) groups is 1. The highest BCUT2D eigenvalue weighted by molar-refractivity contribution is 7.98. The third-order valence-electron chi connectivity index (χ3n) is 2.64. The van der Waals surface area contributed by atoms with Crippen LogP contribution in [0.3, 0.4) is 0 Å². The molecule has 0 bridgehead atoms. The maximum atomic E-state index is 12.1. The Kier molecular flexibility index (Phi) is 3.72. The minimum atomic E-state index is -0.123. The summed E-state index contributed by atoms with van der Waals surface area (Å²) >= 11 is 1.62. The third-order valence-corrected chi connectivity index (χ3v) is 3.37. The van der Waals surface area contributed by atoms with Crippen molar-refractivity contribution in [3.05, 3.63) is 41.6 Å². The summed E-state index contributed by atoms with van der Waals surface area (Å²) in [5.41, 5.74) is 1.65. The van der Waals surface area contributed by atoms with E-state index in [1.165, 1.54) is 0 Å². The molecule has 0 spiro atoms. The fourth-order valence-corrected chi connectivity index (χ4v) is 2.08. The van der Waals surface area contributed by atoms with E-state index in [-0.39, 0.29) is 5.91 Å². The van der Waals surface area contributed by atoms with Gasteiger partial charge in [-0.25, -0.2) is 0 Å². The molecule has 0 atom stereocenters. The second-order valence-corrected chi connectivity index (χ2v) is 4.89.